The number of benzene rings is 1. The monoisotopic (exact) mass is 209 g/mol. The van der Waals surface area contributed by atoms with Gasteiger partial charge in [0.15, 0.2) is 0 Å². The summed E-state index contributed by atoms with van der Waals surface area (Å²) in [5.41, 5.74) is 5.01. The Kier molecular flexibility index (Phi) is 1.46. The van der Waals surface area contributed by atoms with Crippen molar-refractivity contribution in [2.24, 2.45) is 0 Å². The van der Waals surface area contributed by atoms with Crippen LogP contribution >= 0.6 is 0 Å². The second kappa shape index (κ2) is 2.82. The Hall–Kier alpha value is -1.90. The summed E-state index contributed by atoms with van der Waals surface area (Å²) in [6.45, 7) is 0. The molecule has 16 heavy (non-hydrogen) atoms. The van der Waals surface area contributed by atoms with Gasteiger partial charge >= 0.3 is 0 Å². The van der Waals surface area contributed by atoms with Gasteiger partial charge in [0.2, 0.25) is 5.78 Å². The topological polar surface area (TPSA) is 30.2 Å². The molecule has 2 heterocycles. The quantitative estimate of drug-likeness (QED) is 0.569. The number of rotatable bonds is 0. The molecule has 4 rings (SSSR count). The first kappa shape index (κ1) is 8.28. The standard InChI is InChI=1S/C13H11N3/c1-2-6-12-10(5-1)15-13-14-8-9-4-3-7-11(9)16(12)13/h1-2,5-6,8H,3-4,7H2. The summed E-state index contributed by atoms with van der Waals surface area (Å²) in [6, 6.07) is 8.25. The van der Waals surface area contributed by atoms with Crippen LogP contribution in [0, 0.1) is 0 Å². The molecular formula is C13H11N3. The van der Waals surface area contributed by atoms with Crippen LogP contribution in [-0.4, -0.2) is 14.4 Å². The van der Waals surface area contributed by atoms with Gasteiger partial charge < -0.3 is 0 Å². The van der Waals surface area contributed by atoms with E-state index in [2.05, 4.69) is 26.5 Å². The van der Waals surface area contributed by atoms with Crippen LogP contribution in [0.5, 0.6) is 0 Å². The van der Waals surface area contributed by atoms with Crippen molar-refractivity contribution in [1.82, 2.24) is 14.4 Å². The van der Waals surface area contributed by atoms with E-state index in [-0.39, 0.29) is 0 Å². The van der Waals surface area contributed by atoms with Crippen LogP contribution in [0.2, 0.25) is 0 Å². The number of hydrogen-bond donors (Lipinski definition) is 0. The molecule has 1 aliphatic rings. The summed E-state index contributed by atoms with van der Waals surface area (Å²) >= 11 is 0. The summed E-state index contributed by atoms with van der Waals surface area (Å²) in [5.74, 6) is 0.835. The van der Waals surface area contributed by atoms with Crippen molar-refractivity contribution >= 4 is 16.8 Å². The minimum Gasteiger partial charge on any atom is -0.280 e. The average Bonchev–Trinajstić information content (AvgIpc) is 2.91. The van der Waals surface area contributed by atoms with Gasteiger partial charge in [-0.1, -0.05) is 12.1 Å². The van der Waals surface area contributed by atoms with Crippen LogP contribution in [0.4, 0.5) is 0 Å². The predicted octanol–water partition coefficient (Wildman–Crippen LogP) is 2.37. The third-order valence-corrected chi connectivity index (χ3v) is 3.38. The van der Waals surface area contributed by atoms with Crippen molar-refractivity contribution in [1.29, 1.82) is 0 Å². The molecule has 0 saturated heterocycles. The van der Waals surface area contributed by atoms with E-state index in [1.807, 2.05) is 18.3 Å². The molecule has 0 atom stereocenters. The van der Waals surface area contributed by atoms with Gasteiger partial charge in [0.25, 0.3) is 0 Å². The van der Waals surface area contributed by atoms with Gasteiger partial charge in [-0.3, -0.25) is 4.40 Å². The molecule has 78 valence electrons. The molecule has 0 N–H and O–H groups in total. The fourth-order valence-electron chi connectivity index (χ4n) is 2.65. The Morgan fingerprint density at radius 3 is 3.06 bits per heavy atom. The fourth-order valence-corrected chi connectivity index (χ4v) is 2.65. The van der Waals surface area contributed by atoms with Crippen LogP contribution in [0.25, 0.3) is 16.8 Å². The van der Waals surface area contributed by atoms with E-state index < -0.39 is 0 Å². The number of hydrogen-bond acceptors (Lipinski definition) is 2. The molecule has 3 aromatic rings. The molecule has 2 aromatic heterocycles. The van der Waals surface area contributed by atoms with Gasteiger partial charge in [0.05, 0.1) is 11.0 Å². The Bertz CT molecular complexity index is 697. The van der Waals surface area contributed by atoms with E-state index in [9.17, 15) is 0 Å². The van der Waals surface area contributed by atoms with E-state index in [0.717, 1.165) is 24.1 Å². The highest BCUT2D eigenvalue weighted by Crippen LogP contribution is 2.25. The van der Waals surface area contributed by atoms with Crippen LogP contribution in [-0.2, 0) is 12.8 Å². The number of fused-ring (bicyclic) bond motifs is 5. The van der Waals surface area contributed by atoms with Gasteiger partial charge in [-0.25, -0.2) is 9.97 Å². The fraction of sp³-hybridized carbons (Fsp3) is 0.231. The second-order valence-electron chi connectivity index (χ2n) is 4.32. The second-order valence-corrected chi connectivity index (χ2v) is 4.32. The zero-order valence-electron chi connectivity index (χ0n) is 8.85. The molecule has 0 radical (unpaired) electrons. The lowest BCUT2D eigenvalue weighted by Gasteiger charge is -2.03. The lowest BCUT2D eigenvalue weighted by atomic mass is 10.2. The molecule has 0 unspecified atom stereocenters. The summed E-state index contributed by atoms with van der Waals surface area (Å²) in [4.78, 5) is 8.99. The molecule has 1 aliphatic carbocycles. The van der Waals surface area contributed by atoms with Crippen molar-refractivity contribution in [2.75, 3.05) is 0 Å². The first-order valence-corrected chi connectivity index (χ1v) is 5.67. The molecule has 1 aromatic carbocycles. The minimum atomic E-state index is 0.835. The first-order chi connectivity index (χ1) is 7.93. The van der Waals surface area contributed by atoms with E-state index >= 15 is 0 Å². The average molecular weight is 209 g/mol. The maximum absolute atomic E-state index is 4.54. The Balaban J connectivity index is 2.27. The summed E-state index contributed by atoms with van der Waals surface area (Å²) < 4.78 is 2.22. The lowest BCUT2D eigenvalue weighted by molar-refractivity contribution is 0.892. The SMILES string of the molecule is c1ccc2c(c1)nc1ncc3c(n12)CCC3. The molecule has 0 aliphatic heterocycles. The Morgan fingerprint density at radius 1 is 1.12 bits per heavy atom. The van der Waals surface area contributed by atoms with Crippen LogP contribution < -0.4 is 0 Å². The van der Waals surface area contributed by atoms with Gasteiger partial charge in [0.1, 0.15) is 0 Å². The maximum atomic E-state index is 4.54. The highest BCUT2D eigenvalue weighted by Gasteiger charge is 2.17. The van der Waals surface area contributed by atoms with E-state index in [4.69, 9.17) is 0 Å². The molecular weight excluding hydrogens is 198 g/mol. The van der Waals surface area contributed by atoms with Gasteiger partial charge in [-0.15, -0.1) is 0 Å². The normalized spacial score (nSPS) is 14.8. The van der Waals surface area contributed by atoms with Crippen molar-refractivity contribution in [3.63, 3.8) is 0 Å². The number of para-hydroxylation sites is 2. The molecule has 0 spiro atoms. The maximum Gasteiger partial charge on any atom is 0.235 e. The largest absolute Gasteiger partial charge is 0.280 e. The Labute approximate surface area is 92.8 Å². The molecule has 0 fully saturated rings. The van der Waals surface area contributed by atoms with Crippen LogP contribution in [0.3, 0.4) is 0 Å². The highest BCUT2D eigenvalue weighted by atomic mass is 15.1. The zero-order valence-corrected chi connectivity index (χ0v) is 8.85. The van der Waals surface area contributed by atoms with E-state index in [1.54, 1.807) is 0 Å². The molecule has 3 nitrogen and oxygen atoms in total. The van der Waals surface area contributed by atoms with Crippen LogP contribution in [0.15, 0.2) is 30.5 Å². The van der Waals surface area contributed by atoms with Crippen molar-refractivity contribution in [3.05, 3.63) is 41.7 Å². The van der Waals surface area contributed by atoms with E-state index in [0.29, 0.717) is 0 Å². The molecule has 0 amide bonds. The van der Waals surface area contributed by atoms with Gasteiger partial charge in [-0.2, -0.15) is 0 Å². The molecule has 3 heteroatoms. The smallest absolute Gasteiger partial charge is 0.235 e. The van der Waals surface area contributed by atoms with Gasteiger partial charge in [0, 0.05) is 11.9 Å². The van der Waals surface area contributed by atoms with Gasteiger partial charge in [-0.05, 0) is 37.0 Å². The first-order valence-electron chi connectivity index (χ1n) is 5.67. The summed E-state index contributed by atoms with van der Waals surface area (Å²) in [5, 5.41) is 0. The number of aromatic nitrogens is 3. The minimum absolute atomic E-state index is 0.835. The van der Waals surface area contributed by atoms with E-state index in [1.165, 1.54) is 23.2 Å². The molecule has 0 saturated carbocycles. The predicted molar refractivity (Wildman–Crippen MR) is 62.5 cm³/mol. The van der Waals surface area contributed by atoms with Crippen molar-refractivity contribution in [2.45, 2.75) is 19.3 Å². The number of aryl methyl sites for hydroxylation is 2. The highest BCUT2D eigenvalue weighted by molar-refractivity contribution is 5.79. The molecule has 0 bridgehead atoms. The van der Waals surface area contributed by atoms with Crippen molar-refractivity contribution in [3.8, 4) is 0 Å². The van der Waals surface area contributed by atoms with Crippen molar-refractivity contribution < 1.29 is 0 Å². The summed E-state index contributed by atoms with van der Waals surface area (Å²) in [7, 11) is 0. The summed E-state index contributed by atoms with van der Waals surface area (Å²) in [6.07, 6.45) is 5.53. The zero-order chi connectivity index (χ0) is 10.5. The third kappa shape index (κ3) is 0.927. The Morgan fingerprint density at radius 2 is 2.06 bits per heavy atom. The lowest BCUT2D eigenvalue weighted by Crippen LogP contribution is -1.97. The van der Waals surface area contributed by atoms with Crippen LogP contribution in [0.1, 0.15) is 17.7 Å². The number of imidazole rings is 1. The number of nitrogens with zero attached hydrogens (tertiary/aromatic N) is 3. The third-order valence-electron chi connectivity index (χ3n) is 3.38.